The molecule has 10 rings (SSSR count). The zero-order chi connectivity index (χ0) is 28.8. The lowest BCUT2D eigenvalue weighted by Gasteiger charge is -2.13. The van der Waals surface area contributed by atoms with Gasteiger partial charge in [-0.05, 0) is 69.4 Å². The molecule has 0 N–H and O–H groups in total. The third kappa shape index (κ3) is 3.14. The predicted molar refractivity (Wildman–Crippen MR) is 188 cm³/mol. The largest absolute Gasteiger partial charge is 0.309 e. The van der Waals surface area contributed by atoms with Gasteiger partial charge in [-0.2, -0.15) is 0 Å². The van der Waals surface area contributed by atoms with Crippen molar-refractivity contribution in [1.29, 1.82) is 0 Å². The minimum atomic E-state index is 1.17. The SMILES string of the molecule is c1ccc(-n2c3ccccc3c3cc(-n4c5ccccc5c5ccc6c7ccc8ccccc8c7ccc6c54)ccc32)cc1. The fraction of sp³-hybridized carbons (Fsp3) is 0. The summed E-state index contributed by atoms with van der Waals surface area (Å²) in [6.45, 7) is 0. The lowest BCUT2D eigenvalue weighted by atomic mass is 9.96. The highest BCUT2D eigenvalue weighted by Crippen LogP contribution is 2.41. The Morgan fingerprint density at radius 1 is 0.273 bits per heavy atom. The van der Waals surface area contributed by atoms with Crippen LogP contribution in [0.2, 0.25) is 0 Å². The molecular formula is C42H26N2. The Morgan fingerprint density at radius 2 is 0.795 bits per heavy atom. The van der Waals surface area contributed by atoms with E-state index in [4.69, 9.17) is 0 Å². The van der Waals surface area contributed by atoms with Crippen molar-refractivity contribution >= 4 is 75.9 Å². The predicted octanol–water partition coefficient (Wildman–Crippen LogP) is 11.3. The smallest absolute Gasteiger partial charge is 0.0619 e. The Balaban J connectivity index is 1.33. The van der Waals surface area contributed by atoms with Crippen LogP contribution < -0.4 is 0 Å². The molecule has 0 saturated carbocycles. The van der Waals surface area contributed by atoms with Gasteiger partial charge in [-0.3, -0.25) is 0 Å². The number of benzene rings is 8. The molecule has 44 heavy (non-hydrogen) atoms. The molecule has 0 fully saturated rings. The van der Waals surface area contributed by atoms with Gasteiger partial charge in [-0.25, -0.2) is 0 Å². The summed E-state index contributed by atoms with van der Waals surface area (Å²) < 4.78 is 4.86. The van der Waals surface area contributed by atoms with Gasteiger partial charge in [-0.15, -0.1) is 0 Å². The molecule has 0 aliphatic rings. The quantitative estimate of drug-likeness (QED) is 0.187. The molecule has 2 heteroatoms. The highest BCUT2D eigenvalue weighted by Gasteiger charge is 2.18. The number of fused-ring (bicyclic) bond motifs is 12. The molecule has 0 aliphatic carbocycles. The number of hydrogen-bond acceptors (Lipinski definition) is 0. The van der Waals surface area contributed by atoms with Crippen molar-refractivity contribution in [3.63, 3.8) is 0 Å². The van der Waals surface area contributed by atoms with E-state index < -0.39 is 0 Å². The second kappa shape index (κ2) is 8.82. The van der Waals surface area contributed by atoms with E-state index in [2.05, 4.69) is 167 Å². The van der Waals surface area contributed by atoms with Crippen molar-refractivity contribution in [1.82, 2.24) is 9.13 Å². The summed E-state index contributed by atoms with van der Waals surface area (Å²) in [6.07, 6.45) is 0. The maximum absolute atomic E-state index is 2.48. The number of nitrogens with zero attached hydrogens (tertiary/aromatic N) is 2. The van der Waals surface area contributed by atoms with Crippen LogP contribution in [0.5, 0.6) is 0 Å². The molecule has 2 aromatic heterocycles. The van der Waals surface area contributed by atoms with E-state index in [0.717, 1.165) is 0 Å². The van der Waals surface area contributed by atoms with Crippen LogP contribution in [0.15, 0.2) is 158 Å². The van der Waals surface area contributed by atoms with Gasteiger partial charge in [0.05, 0.1) is 22.1 Å². The van der Waals surface area contributed by atoms with E-state index >= 15 is 0 Å². The summed E-state index contributed by atoms with van der Waals surface area (Å²) in [5.74, 6) is 0. The zero-order valence-corrected chi connectivity index (χ0v) is 23.9. The number of hydrogen-bond donors (Lipinski definition) is 0. The summed E-state index contributed by atoms with van der Waals surface area (Å²) in [7, 11) is 0. The van der Waals surface area contributed by atoms with Gasteiger partial charge in [0.25, 0.3) is 0 Å². The Morgan fingerprint density at radius 3 is 1.59 bits per heavy atom. The van der Waals surface area contributed by atoms with Gasteiger partial charge in [0.1, 0.15) is 0 Å². The average molecular weight is 559 g/mol. The van der Waals surface area contributed by atoms with Gasteiger partial charge in [0, 0.05) is 38.3 Å². The minimum Gasteiger partial charge on any atom is -0.309 e. The molecule has 10 aromatic rings. The van der Waals surface area contributed by atoms with Crippen LogP contribution in [0.4, 0.5) is 0 Å². The maximum Gasteiger partial charge on any atom is 0.0619 e. The van der Waals surface area contributed by atoms with Crippen LogP contribution in [0.25, 0.3) is 87.3 Å². The van der Waals surface area contributed by atoms with Crippen molar-refractivity contribution in [3.8, 4) is 11.4 Å². The van der Waals surface area contributed by atoms with Gasteiger partial charge in [0.15, 0.2) is 0 Å². The van der Waals surface area contributed by atoms with Gasteiger partial charge in [-0.1, -0.05) is 115 Å². The molecule has 2 nitrogen and oxygen atoms in total. The first kappa shape index (κ1) is 23.7. The molecule has 0 unspecified atom stereocenters. The van der Waals surface area contributed by atoms with E-state index in [-0.39, 0.29) is 0 Å². The zero-order valence-electron chi connectivity index (χ0n) is 23.9. The van der Waals surface area contributed by atoms with Gasteiger partial charge >= 0.3 is 0 Å². The topological polar surface area (TPSA) is 9.86 Å². The van der Waals surface area contributed by atoms with Crippen LogP contribution >= 0.6 is 0 Å². The van der Waals surface area contributed by atoms with Crippen LogP contribution in [0, 0.1) is 0 Å². The Kier molecular flexibility index (Phi) is 4.75. The van der Waals surface area contributed by atoms with Crippen LogP contribution in [0.1, 0.15) is 0 Å². The lowest BCUT2D eigenvalue weighted by Crippen LogP contribution is -1.96. The van der Waals surface area contributed by atoms with Crippen molar-refractivity contribution in [2.45, 2.75) is 0 Å². The summed E-state index contributed by atoms with van der Waals surface area (Å²) >= 11 is 0. The fourth-order valence-corrected chi connectivity index (χ4v) is 7.59. The van der Waals surface area contributed by atoms with E-state index in [1.54, 1.807) is 0 Å². The van der Waals surface area contributed by atoms with Crippen molar-refractivity contribution in [2.24, 2.45) is 0 Å². The number of para-hydroxylation sites is 3. The molecule has 0 amide bonds. The molecule has 8 aromatic carbocycles. The van der Waals surface area contributed by atoms with Gasteiger partial charge in [0.2, 0.25) is 0 Å². The highest BCUT2D eigenvalue weighted by atomic mass is 15.0. The first-order valence-electron chi connectivity index (χ1n) is 15.2. The number of aromatic nitrogens is 2. The average Bonchev–Trinajstić information content (AvgIpc) is 3.61. The number of rotatable bonds is 2. The van der Waals surface area contributed by atoms with E-state index in [1.807, 2.05) is 0 Å². The van der Waals surface area contributed by atoms with Crippen molar-refractivity contribution in [2.75, 3.05) is 0 Å². The normalized spacial score (nSPS) is 12.1. The maximum atomic E-state index is 2.48. The fourth-order valence-electron chi connectivity index (χ4n) is 7.59. The van der Waals surface area contributed by atoms with Crippen LogP contribution in [-0.2, 0) is 0 Å². The van der Waals surface area contributed by atoms with Crippen molar-refractivity contribution in [3.05, 3.63) is 158 Å². The first-order chi connectivity index (χ1) is 21.8. The standard InChI is InChI=1S/C42H26N2/c1-2-11-28(12-3-1)43-39-16-8-7-15-35(39)38-26-29(19-25-41(38)43)44-40-17-9-6-14-34(40)37-24-22-33-32-20-18-27-10-4-5-13-30(27)31(32)21-23-36(33)42(37)44/h1-26H. The molecule has 0 atom stereocenters. The molecule has 0 spiro atoms. The molecule has 0 radical (unpaired) electrons. The second-order valence-electron chi connectivity index (χ2n) is 11.7. The Labute approximate surface area is 253 Å². The minimum absolute atomic E-state index is 1.17. The first-order valence-corrected chi connectivity index (χ1v) is 15.2. The Hall–Kier alpha value is -5.86. The molecule has 0 saturated heterocycles. The van der Waals surface area contributed by atoms with Crippen LogP contribution in [0.3, 0.4) is 0 Å². The van der Waals surface area contributed by atoms with Crippen molar-refractivity contribution < 1.29 is 0 Å². The molecular weight excluding hydrogens is 532 g/mol. The van der Waals surface area contributed by atoms with Gasteiger partial charge < -0.3 is 9.13 Å². The molecule has 0 aliphatic heterocycles. The molecule has 204 valence electrons. The lowest BCUT2D eigenvalue weighted by molar-refractivity contribution is 1.17. The Bertz CT molecular complexity index is 2760. The third-order valence-corrected chi connectivity index (χ3v) is 9.48. The molecule has 2 heterocycles. The molecule has 0 bridgehead atoms. The van der Waals surface area contributed by atoms with Crippen LogP contribution in [-0.4, -0.2) is 9.13 Å². The summed E-state index contributed by atoms with van der Waals surface area (Å²) in [5.41, 5.74) is 7.26. The van der Waals surface area contributed by atoms with E-state index in [1.165, 1.54) is 87.3 Å². The summed E-state index contributed by atoms with van der Waals surface area (Å²) in [4.78, 5) is 0. The second-order valence-corrected chi connectivity index (χ2v) is 11.7. The summed E-state index contributed by atoms with van der Waals surface area (Å²) in [6, 6.07) is 57.8. The summed E-state index contributed by atoms with van der Waals surface area (Å²) in [5, 5.41) is 12.8. The third-order valence-electron chi connectivity index (χ3n) is 9.48. The monoisotopic (exact) mass is 558 g/mol. The van der Waals surface area contributed by atoms with E-state index in [0.29, 0.717) is 0 Å². The van der Waals surface area contributed by atoms with E-state index in [9.17, 15) is 0 Å². The highest BCUT2D eigenvalue weighted by molar-refractivity contribution is 6.25.